The van der Waals surface area contributed by atoms with Gasteiger partial charge >= 0.3 is 6.03 Å². The Hall–Kier alpha value is -0.950. The van der Waals surface area contributed by atoms with Crippen LogP contribution in [0.4, 0.5) is 4.79 Å². The standard InChI is InChI=1S/C20H37N3O3S/c1-3-4-9-13-26-14-12-21-18(24)11-8-6-5-7-10-17-19-16(15-27-17)22-20(25)23(19)2/h16-17,19H,3-15H2,1-2H3,(H,21,24)(H,22,25)/t16-,17-,19-/m0/s1. The minimum atomic E-state index is 0.0765. The molecular formula is C20H37N3O3S. The lowest BCUT2D eigenvalue weighted by atomic mass is 10.0. The first-order chi connectivity index (χ1) is 13.1. The third-order valence-electron chi connectivity index (χ3n) is 5.46. The second-order valence-electron chi connectivity index (χ2n) is 7.65. The number of nitrogens with zero attached hydrogens (tertiary/aromatic N) is 1. The normalized spacial score (nSPS) is 24.1. The topological polar surface area (TPSA) is 70.7 Å². The van der Waals surface area contributed by atoms with Crippen molar-refractivity contribution in [1.29, 1.82) is 0 Å². The van der Waals surface area contributed by atoms with Crippen LogP contribution in [0, 0.1) is 0 Å². The lowest BCUT2D eigenvalue weighted by Crippen LogP contribution is -2.38. The minimum absolute atomic E-state index is 0.0765. The van der Waals surface area contributed by atoms with Crippen LogP contribution in [0.2, 0.25) is 0 Å². The van der Waals surface area contributed by atoms with E-state index in [-0.39, 0.29) is 11.9 Å². The minimum Gasteiger partial charge on any atom is -0.380 e. The van der Waals surface area contributed by atoms with Gasteiger partial charge in [-0.1, -0.05) is 39.0 Å². The zero-order valence-electron chi connectivity index (χ0n) is 17.0. The molecule has 0 bridgehead atoms. The van der Waals surface area contributed by atoms with Gasteiger partial charge in [-0.15, -0.1) is 0 Å². The molecule has 0 radical (unpaired) electrons. The summed E-state index contributed by atoms with van der Waals surface area (Å²) in [5.74, 6) is 1.17. The van der Waals surface area contributed by atoms with Gasteiger partial charge in [-0.2, -0.15) is 11.8 Å². The highest BCUT2D eigenvalue weighted by Crippen LogP contribution is 2.36. The number of fused-ring (bicyclic) bond motifs is 1. The highest BCUT2D eigenvalue weighted by atomic mass is 32.2. The summed E-state index contributed by atoms with van der Waals surface area (Å²) in [6.07, 6.45) is 9.67. The number of unbranched alkanes of at least 4 members (excludes halogenated alkanes) is 5. The van der Waals surface area contributed by atoms with Gasteiger partial charge in [0, 0.05) is 37.6 Å². The molecule has 2 aliphatic heterocycles. The highest BCUT2D eigenvalue weighted by molar-refractivity contribution is 8.00. The molecule has 27 heavy (non-hydrogen) atoms. The van der Waals surface area contributed by atoms with E-state index < -0.39 is 0 Å². The molecule has 2 saturated heterocycles. The number of amides is 3. The molecular weight excluding hydrogens is 362 g/mol. The van der Waals surface area contributed by atoms with Crippen LogP contribution in [0.25, 0.3) is 0 Å². The monoisotopic (exact) mass is 399 g/mol. The first kappa shape index (κ1) is 22.3. The van der Waals surface area contributed by atoms with E-state index >= 15 is 0 Å². The Labute approximate surface area is 168 Å². The zero-order valence-corrected chi connectivity index (χ0v) is 17.8. The summed E-state index contributed by atoms with van der Waals surface area (Å²) in [6.45, 7) is 4.21. The van der Waals surface area contributed by atoms with Gasteiger partial charge in [-0.3, -0.25) is 4.79 Å². The number of likely N-dealkylation sites (N-methyl/N-ethyl adjacent to an activating group) is 1. The van der Waals surface area contributed by atoms with Crippen molar-refractivity contribution in [3.05, 3.63) is 0 Å². The summed E-state index contributed by atoms with van der Waals surface area (Å²) in [5, 5.41) is 6.55. The van der Waals surface area contributed by atoms with E-state index in [1.807, 2.05) is 23.7 Å². The molecule has 7 heteroatoms. The molecule has 2 heterocycles. The number of carbonyl (C=O) groups is 2. The van der Waals surface area contributed by atoms with Crippen LogP contribution in [-0.2, 0) is 9.53 Å². The molecule has 0 aromatic rings. The Bertz CT molecular complexity index is 464. The molecule has 2 fully saturated rings. The predicted molar refractivity (Wildman–Crippen MR) is 111 cm³/mol. The smallest absolute Gasteiger partial charge is 0.317 e. The molecule has 0 saturated carbocycles. The quantitative estimate of drug-likeness (QED) is 0.348. The van der Waals surface area contributed by atoms with Crippen LogP contribution >= 0.6 is 11.8 Å². The van der Waals surface area contributed by atoms with Gasteiger partial charge in [-0.05, 0) is 19.3 Å². The van der Waals surface area contributed by atoms with Crippen molar-refractivity contribution in [1.82, 2.24) is 15.5 Å². The lowest BCUT2D eigenvalue weighted by Gasteiger charge is -2.23. The van der Waals surface area contributed by atoms with Crippen LogP contribution in [0.1, 0.15) is 64.7 Å². The van der Waals surface area contributed by atoms with E-state index in [1.54, 1.807) is 0 Å². The lowest BCUT2D eigenvalue weighted by molar-refractivity contribution is -0.121. The van der Waals surface area contributed by atoms with Crippen LogP contribution in [-0.4, -0.2) is 66.7 Å². The molecule has 2 aliphatic rings. The maximum atomic E-state index is 11.8. The second-order valence-corrected chi connectivity index (χ2v) is 8.92. The van der Waals surface area contributed by atoms with Crippen molar-refractivity contribution < 1.29 is 14.3 Å². The van der Waals surface area contributed by atoms with E-state index in [0.29, 0.717) is 36.9 Å². The predicted octanol–water partition coefficient (Wildman–Crippen LogP) is 3.16. The van der Waals surface area contributed by atoms with Crippen molar-refractivity contribution in [2.45, 2.75) is 82.0 Å². The van der Waals surface area contributed by atoms with E-state index in [2.05, 4.69) is 17.6 Å². The molecule has 6 nitrogen and oxygen atoms in total. The van der Waals surface area contributed by atoms with Crippen LogP contribution in [0.15, 0.2) is 0 Å². The number of hydrogen-bond donors (Lipinski definition) is 2. The molecule has 0 aromatic heterocycles. The third kappa shape index (κ3) is 7.53. The van der Waals surface area contributed by atoms with Gasteiger partial charge in [0.15, 0.2) is 0 Å². The number of hydrogen-bond acceptors (Lipinski definition) is 4. The van der Waals surface area contributed by atoms with Gasteiger partial charge in [0.25, 0.3) is 0 Å². The number of rotatable bonds is 14. The average molecular weight is 400 g/mol. The molecule has 0 aromatic carbocycles. The Kier molecular flexibility index (Phi) is 10.3. The SMILES string of the molecule is CCCCCOCCNC(=O)CCCCCC[C@@H]1SC[C@@H]2NC(=O)N(C)[C@@H]21. The van der Waals surface area contributed by atoms with Crippen LogP contribution in [0.5, 0.6) is 0 Å². The van der Waals surface area contributed by atoms with Crippen molar-refractivity contribution in [2.75, 3.05) is 32.6 Å². The molecule has 0 spiro atoms. The van der Waals surface area contributed by atoms with Gasteiger partial charge in [0.05, 0.1) is 18.7 Å². The molecule has 2 N–H and O–H groups in total. The highest BCUT2D eigenvalue weighted by Gasteiger charge is 2.46. The Balaban J connectivity index is 1.41. The van der Waals surface area contributed by atoms with Crippen molar-refractivity contribution in [3.8, 4) is 0 Å². The Morgan fingerprint density at radius 2 is 2.04 bits per heavy atom. The number of urea groups is 1. The summed E-state index contributed by atoms with van der Waals surface area (Å²) < 4.78 is 5.49. The first-order valence-corrected chi connectivity index (χ1v) is 11.7. The van der Waals surface area contributed by atoms with Crippen LogP contribution in [0.3, 0.4) is 0 Å². The summed E-state index contributed by atoms with van der Waals surface area (Å²) in [7, 11) is 1.91. The summed E-state index contributed by atoms with van der Waals surface area (Å²) in [6, 6.07) is 0.766. The molecule has 0 aliphatic carbocycles. The van der Waals surface area contributed by atoms with Gasteiger partial charge in [0.1, 0.15) is 0 Å². The van der Waals surface area contributed by atoms with Gasteiger partial charge in [0.2, 0.25) is 5.91 Å². The summed E-state index contributed by atoms with van der Waals surface area (Å²) in [5.41, 5.74) is 0. The molecule has 156 valence electrons. The Morgan fingerprint density at radius 3 is 2.85 bits per heavy atom. The third-order valence-corrected chi connectivity index (χ3v) is 6.96. The van der Waals surface area contributed by atoms with Crippen molar-refractivity contribution in [2.24, 2.45) is 0 Å². The first-order valence-electron chi connectivity index (χ1n) is 10.6. The molecule has 2 rings (SSSR count). The fraction of sp³-hybridized carbons (Fsp3) is 0.900. The number of carbonyl (C=O) groups excluding carboxylic acids is 2. The molecule has 0 unspecified atom stereocenters. The molecule has 3 atom stereocenters. The van der Waals surface area contributed by atoms with Crippen LogP contribution < -0.4 is 10.6 Å². The second kappa shape index (κ2) is 12.5. The zero-order chi connectivity index (χ0) is 19.5. The van der Waals surface area contributed by atoms with Crippen molar-refractivity contribution >= 4 is 23.7 Å². The summed E-state index contributed by atoms with van der Waals surface area (Å²) in [4.78, 5) is 25.4. The van der Waals surface area contributed by atoms with Gasteiger partial charge < -0.3 is 20.3 Å². The van der Waals surface area contributed by atoms with E-state index in [4.69, 9.17) is 4.74 Å². The van der Waals surface area contributed by atoms with E-state index in [1.165, 1.54) is 19.3 Å². The number of nitrogens with one attached hydrogen (secondary N) is 2. The van der Waals surface area contributed by atoms with E-state index in [9.17, 15) is 9.59 Å². The largest absolute Gasteiger partial charge is 0.380 e. The molecule has 3 amide bonds. The Morgan fingerprint density at radius 1 is 1.22 bits per heavy atom. The fourth-order valence-electron chi connectivity index (χ4n) is 3.87. The van der Waals surface area contributed by atoms with Crippen molar-refractivity contribution in [3.63, 3.8) is 0 Å². The number of thioether (sulfide) groups is 1. The fourth-order valence-corrected chi connectivity index (χ4v) is 5.51. The maximum absolute atomic E-state index is 11.8. The maximum Gasteiger partial charge on any atom is 0.317 e. The summed E-state index contributed by atoms with van der Waals surface area (Å²) >= 11 is 1.99. The average Bonchev–Trinajstić information content (AvgIpc) is 3.17. The van der Waals surface area contributed by atoms with E-state index in [0.717, 1.165) is 44.5 Å². The van der Waals surface area contributed by atoms with Gasteiger partial charge in [-0.25, -0.2) is 4.79 Å². The number of ether oxygens (including phenoxy) is 1.